The minimum absolute atomic E-state index is 0.304. The topological polar surface area (TPSA) is 132 Å². The summed E-state index contributed by atoms with van der Waals surface area (Å²) in [7, 11) is 1.17. The number of rotatable bonds is 5. The molecule has 4 rings (SSSR count). The van der Waals surface area contributed by atoms with Crippen LogP contribution in [0.5, 0.6) is 5.75 Å². The van der Waals surface area contributed by atoms with E-state index < -0.39 is 10.1 Å². The van der Waals surface area contributed by atoms with E-state index in [0.717, 1.165) is 48.7 Å². The maximum atomic E-state index is 12.6. The molecular weight excluding hydrogens is 464 g/mol. The largest absolute Gasteiger partial charge is 0.495 e. The number of hydrogen-bond donors (Lipinski definition) is 1. The van der Waals surface area contributed by atoms with Crippen molar-refractivity contribution in [2.24, 2.45) is 14.1 Å². The molecule has 0 amide bonds. The molecule has 186 valence electrons. The summed E-state index contributed by atoms with van der Waals surface area (Å²) in [6, 6.07) is 8.09. The van der Waals surface area contributed by atoms with Crippen molar-refractivity contribution in [2.75, 3.05) is 51.0 Å². The monoisotopic (exact) mass is 494 g/mol. The summed E-state index contributed by atoms with van der Waals surface area (Å²) < 4.78 is 35.7. The maximum Gasteiger partial charge on any atom is 0.332 e. The smallest absolute Gasteiger partial charge is 0.332 e. The van der Waals surface area contributed by atoms with Gasteiger partial charge in [-0.15, -0.1) is 0 Å². The second-order valence-electron chi connectivity index (χ2n) is 8.05. The second kappa shape index (κ2) is 10.4. The molecule has 0 radical (unpaired) electrons. The Morgan fingerprint density at radius 1 is 1.03 bits per heavy atom. The standard InChI is InChI=1S/C20H26N6O3.CH4O3S/c1-22-18-17(19(27)23(2)20(22)28)26(14-21-18)13-10-24-8-11-25(12-9-24)15-6-4-5-7-16(15)29-3;1-5(2,3)4/h4-7,14H,8-13H2,1-3H3;1H3,(H,2,3,4). The summed E-state index contributed by atoms with van der Waals surface area (Å²) in [5.41, 5.74) is 1.36. The van der Waals surface area contributed by atoms with E-state index in [0.29, 0.717) is 24.0 Å². The lowest BCUT2D eigenvalue weighted by molar-refractivity contribution is 0.248. The van der Waals surface area contributed by atoms with E-state index in [1.165, 1.54) is 11.6 Å². The highest BCUT2D eigenvalue weighted by molar-refractivity contribution is 7.85. The van der Waals surface area contributed by atoms with Crippen LogP contribution in [0, 0.1) is 0 Å². The number of benzene rings is 1. The number of anilines is 1. The first-order valence-corrected chi connectivity index (χ1v) is 12.5. The molecule has 2 aromatic heterocycles. The molecule has 34 heavy (non-hydrogen) atoms. The molecule has 0 atom stereocenters. The third-order valence-electron chi connectivity index (χ3n) is 5.67. The average molecular weight is 495 g/mol. The van der Waals surface area contributed by atoms with E-state index in [1.54, 1.807) is 20.5 Å². The molecule has 1 aliphatic heterocycles. The zero-order chi connectivity index (χ0) is 25.0. The number of methoxy groups -OCH3 is 1. The predicted octanol–water partition coefficient (Wildman–Crippen LogP) is -0.231. The fourth-order valence-corrected chi connectivity index (χ4v) is 3.92. The van der Waals surface area contributed by atoms with E-state index >= 15 is 0 Å². The van der Waals surface area contributed by atoms with Gasteiger partial charge in [0.1, 0.15) is 5.75 Å². The minimum Gasteiger partial charge on any atom is -0.495 e. The summed E-state index contributed by atoms with van der Waals surface area (Å²) in [5.74, 6) is 0.896. The molecule has 1 fully saturated rings. The minimum atomic E-state index is -3.67. The number of para-hydroxylation sites is 2. The number of nitrogens with zero attached hydrogens (tertiary/aromatic N) is 6. The Hall–Kier alpha value is -3.16. The van der Waals surface area contributed by atoms with E-state index in [4.69, 9.17) is 9.29 Å². The van der Waals surface area contributed by atoms with Crippen LogP contribution in [0.15, 0.2) is 40.2 Å². The highest BCUT2D eigenvalue weighted by Gasteiger charge is 2.20. The van der Waals surface area contributed by atoms with Gasteiger partial charge in [0.05, 0.1) is 25.4 Å². The lowest BCUT2D eigenvalue weighted by Crippen LogP contribution is -2.47. The first kappa shape index (κ1) is 25.5. The van der Waals surface area contributed by atoms with Crippen molar-refractivity contribution in [3.63, 3.8) is 0 Å². The summed E-state index contributed by atoms with van der Waals surface area (Å²) >= 11 is 0. The molecule has 0 aliphatic carbocycles. The third-order valence-corrected chi connectivity index (χ3v) is 5.67. The van der Waals surface area contributed by atoms with Gasteiger partial charge in [0.25, 0.3) is 15.7 Å². The zero-order valence-corrected chi connectivity index (χ0v) is 20.5. The molecule has 0 spiro atoms. The molecule has 3 heterocycles. The van der Waals surface area contributed by atoms with Crippen LogP contribution in [0.25, 0.3) is 11.2 Å². The van der Waals surface area contributed by atoms with Gasteiger partial charge in [0, 0.05) is 53.4 Å². The Morgan fingerprint density at radius 2 is 1.65 bits per heavy atom. The van der Waals surface area contributed by atoms with Gasteiger partial charge in [-0.25, -0.2) is 9.78 Å². The first-order chi connectivity index (χ1) is 16.0. The van der Waals surface area contributed by atoms with Crippen LogP contribution in [0.1, 0.15) is 0 Å². The van der Waals surface area contributed by atoms with Gasteiger partial charge in [-0.3, -0.25) is 23.4 Å². The van der Waals surface area contributed by atoms with E-state index in [-0.39, 0.29) is 11.2 Å². The Morgan fingerprint density at radius 3 is 2.26 bits per heavy atom. The molecule has 1 N–H and O–H groups in total. The van der Waals surface area contributed by atoms with Crippen molar-refractivity contribution in [2.45, 2.75) is 6.54 Å². The average Bonchev–Trinajstić information content (AvgIpc) is 3.23. The number of piperazine rings is 1. The van der Waals surface area contributed by atoms with Gasteiger partial charge >= 0.3 is 5.69 Å². The molecule has 1 aromatic carbocycles. The highest BCUT2D eigenvalue weighted by atomic mass is 32.2. The van der Waals surface area contributed by atoms with Crippen molar-refractivity contribution in [3.05, 3.63) is 51.4 Å². The highest BCUT2D eigenvalue weighted by Crippen LogP contribution is 2.28. The van der Waals surface area contributed by atoms with Crippen LogP contribution in [0.2, 0.25) is 0 Å². The van der Waals surface area contributed by atoms with Crippen LogP contribution in [0.4, 0.5) is 5.69 Å². The number of aromatic nitrogens is 4. The number of imidazole rings is 1. The number of aryl methyl sites for hydroxylation is 1. The Kier molecular flexibility index (Phi) is 7.79. The van der Waals surface area contributed by atoms with Crippen molar-refractivity contribution in [1.82, 2.24) is 23.6 Å². The van der Waals surface area contributed by atoms with Crippen molar-refractivity contribution >= 4 is 27.0 Å². The molecular formula is C21H30N6O6S. The van der Waals surface area contributed by atoms with Gasteiger partial charge in [-0.1, -0.05) is 12.1 Å². The molecule has 3 aromatic rings. The predicted molar refractivity (Wildman–Crippen MR) is 129 cm³/mol. The Labute approximate surface area is 197 Å². The molecule has 0 unspecified atom stereocenters. The van der Waals surface area contributed by atoms with E-state index in [1.807, 2.05) is 22.8 Å². The van der Waals surface area contributed by atoms with Crippen LogP contribution >= 0.6 is 0 Å². The number of hydrogen-bond acceptors (Lipinski definition) is 8. The fourth-order valence-electron chi connectivity index (χ4n) is 3.92. The van der Waals surface area contributed by atoms with Crippen LogP contribution in [-0.2, 0) is 30.8 Å². The molecule has 13 heteroatoms. The van der Waals surface area contributed by atoms with Crippen molar-refractivity contribution in [3.8, 4) is 5.75 Å². The molecule has 0 bridgehead atoms. The third kappa shape index (κ3) is 5.85. The Bertz CT molecular complexity index is 1360. The molecule has 0 saturated carbocycles. The van der Waals surface area contributed by atoms with E-state index in [9.17, 15) is 18.0 Å². The zero-order valence-electron chi connectivity index (χ0n) is 19.7. The van der Waals surface area contributed by atoms with Crippen molar-refractivity contribution < 1.29 is 17.7 Å². The van der Waals surface area contributed by atoms with Crippen LogP contribution < -0.4 is 20.9 Å². The normalized spacial score (nSPS) is 14.7. The lowest BCUT2D eigenvalue weighted by atomic mass is 10.2. The summed E-state index contributed by atoms with van der Waals surface area (Å²) in [5, 5.41) is 0. The quantitative estimate of drug-likeness (QED) is 0.478. The van der Waals surface area contributed by atoms with Crippen LogP contribution in [0.3, 0.4) is 0 Å². The fraction of sp³-hybridized carbons (Fsp3) is 0.476. The van der Waals surface area contributed by atoms with Crippen molar-refractivity contribution in [1.29, 1.82) is 0 Å². The molecule has 12 nitrogen and oxygen atoms in total. The van der Waals surface area contributed by atoms with E-state index in [2.05, 4.69) is 20.9 Å². The van der Waals surface area contributed by atoms with Gasteiger partial charge in [-0.05, 0) is 12.1 Å². The number of fused-ring (bicyclic) bond motifs is 1. The SMILES string of the molecule is COc1ccccc1N1CCN(CCn2cnc3c2c(=O)n(C)c(=O)n3C)CC1.CS(=O)(=O)O. The van der Waals surface area contributed by atoms with Gasteiger partial charge in [0.15, 0.2) is 11.2 Å². The number of ether oxygens (including phenoxy) is 1. The van der Waals surface area contributed by atoms with Gasteiger partial charge in [-0.2, -0.15) is 8.42 Å². The molecule has 1 aliphatic rings. The van der Waals surface area contributed by atoms with Crippen LogP contribution in [-0.4, -0.2) is 82.6 Å². The van der Waals surface area contributed by atoms with Gasteiger partial charge in [0.2, 0.25) is 0 Å². The molecule has 1 saturated heterocycles. The lowest BCUT2D eigenvalue weighted by Gasteiger charge is -2.36. The first-order valence-electron chi connectivity index (χ1n) is 10.6. The summed E-state index contributed by atoms with van der Waals surface area (Å²) in [4.78, 5) is 33.6. The Balaban J connectivity index is 0.000000588. The maximum absolute atomic E-state index is 12.6. The van der Waals surface area contributed by atoms with Gasteiger partial charge < -0.3 is 14.2 Å². The summed E-state index contributed by atoms with van der Waals surface area (Å²) in [6.45, 7) is 5.17. The summed E-state index contributed by atoms with van der Waals surface area (Å²) in [6.07, 6.45) is 2.36. The second-order valence-corrected chi connectivity index (χ2v) is 9.52.